The van der Waals surface area contributed by atoms with Crippen molar-refractivity contribution >= 4 is 11.7 Å². The van der Waals surface area contributed by atoms with Crippen LogP contribution in [0.25, 0.3) is 0 Å². The van der Waals surface area contributed by atoms with Gasteiger partial charge in [-0.3, -0.25) is 20.0 Å². The largest absolute Gasteiger partial charge is 0.355 e. The lowest BCUT2D eigenvalue weighted by Crippen LogP contribution is -2.39. The van der Waals surface area contributed by atoms with Crippen LogP contribution in [0.4, 0.5) is 5.82 Å². The number of benzene rings is 1. The van der Waals surface area contributed by atoms with Gasteiger partial charge in [0, 0.05) is 6.20 Å². The monoisotopic (exact) mass is 316 g/mol. The molecule has 0 atom stereocenters. The molecule has 120 valence electrons. The first kappa shape index (κ1) is 16.0. The van der Waals surface area contributed by atoms with Gasteiger partial charge in [-0.2, -0.15) is 0 Å². The molecule has 23 heavy (non-hydrogen) atoms. The van der Waals surface area contributed by atoms with Crippen LogP contribution in [0.3, 0.4) is 0 Å². The Morgan fingerprint density at radius 3 is 2.74 bits per heavy atom. The van der Waals surface area contributed by atoms with Crippen molar-refractivity contribution in [3.63, 3.8) is 0 Å². The Morgan fingerprint density at radius 1 is 1.22 bits per heavy atom. The van der Waals surface area contributed by atoms with E-state index < -0.39 is 17.2 Å². The first-order valence-electron chi connectivity index (χ1n) is 6.81. The number of rotatable bonds is 7. The van der Waals surface area contributed by atoms with Gasteiger partial charge in [-0.05, 0) is 12.0 Å². The van der Waals surface area contributed by atoms with Crippen LogP contribution in [0.15, 0.2) is 52.2 Å². The Kier molecular flexibility index (Phi) is 5.69. The molecular weight excluding hydrogens is 300 g/mol. The minimum Gasteiger partial charge on any atom is -0.355 e. The van der Waals surface area contributed by atoms with Crippen molar-refractivity contribution in [2.24, 2.45) is 0 Å². The fourth-order valence-corrected chi connectivity index (χ4v) is 1.67. The number of hydrazine groups is 1. The molecule has 2 aromatic rings. The van der Waals surface area contributed by atoms with Gasteiger partial charge in [-0.25, -0.2) is 9.89 Å². The average molecular weight is 316 g/mol. The molecule has 0 unspecified atom stereocenters. The van der Waals surface area contributed by atoms with Crippen molar-refractivity contribution in [1.82, 2.24) is 26.0 Å². The van der Waals surface area contributed by atoms with Crippen molar-refractivity contribution in [3.05, 3.63) is 69.0 Å². The van der Waals surface area contributed by atoms with Gasteiger partial charge >= 0.3 is 5.69 Å². The number of carbonyl (C=O) groups is 1. The molecule has 2 rings (SSSR count). The van der Waals surface area contributed by atoms with Crippen LogP contribution >= 0.6 is 0 Å². The Hall–Kier alpha value is -3.36. The number of aromatic amines is 2. The zero-order valence-electron chi connectivity index (χ0n) is 12.1. The number of carbonyl (C=O) groups excluding carboxylic acids is 1. The van der Waals surface area contributed by atoms with Crippen LogP contribution in [-0.4, -0.2) is 27.6 Å². The number of nitrogens with zero attached hydrogens (tertiary/aromatic N) is 1. The fraction of sp³-hybridized carbons (Fsp3) is 0.143. The number of aromatic nitrogens is 3. The van der Waals surface area contributed by atoms with Gasteiger partial charge in [-0.15, -0.1) is 5.10 Å². The lowest BCUT2D eigenvalue weighted by molar-refractivity contribution is -0.120. The van der Waals surface area contributed by atoms with Gasteiger partial charge in [-0.1, -0.05) is 36.4 Å². The van der Waals surface area contributed by atoms with Crippen molar-refractivity contribution in [2.75, 3.05) is 11.9 Å². The highest BCUT2D eigenvalue weighted by molar-refractivity contribution is 5.79. The summed E-state index contributed by atoms with van der Waals surface area (Å²) < 4.78 is 0. The van der Waals surface area contributed by atoms with E-state index in [4.69, 9.17) is 0 Å². The number of anilines is 1. The first-order valence-corrected chi connectivity index (χ1v) is 6.81. The Balaban J connectivity index is 1.69. The van der Waals surface area contributed by atoms with Crippen LogP contribution in [0.1, 0.15) is 5.56 Å². The van der Waals surface area contributed by atoms with Crippen LogP contribution in [0, 0.1) is 0 Å². The number of amides is 1. The lowest BCUT2D eigenvalue weighted by atomic mass is 10.1. The summed E-state index contributed by atoms with van der Waals surface area (Å²) in [4.78, 5) is 35.6. The van der Waals surface area contributed by atoms with Crippen LogP contribution in [0.5, 0.6) is 0 Å². The number of nitrogens with one attached hydrogen (secondary N) is 5. The quantitative estimate of drug-likeness (QED) is 0.427. The molecule has 0 bridgehead atoms. The van der Waals surface area contributed by atoms with Gasteiger partial charge < -0.3 is 10.7 Å². The molecule has 1 heterocycles. The van der Waals surface area contributed by atoms with Gasteiger partial charge in [0.15, 0.2) is 0 Å². The SMILES string of the molecule is O=C(CNc1n[nH]c(=O)[nH]c1=O)NNC=CCc1ccccc1. The average Bonchev–Trinajstić information content (AvgIpc) is 2.54. The maximum atomic E-state index is 11.5. The van der Waals surface area contributed by atoms with Crippen LogP contribution in [0.2, 0.25) is 0 Å². The Bertz CT molecular complexity index is 781. The molecule has 1 amide bonds. The van der Waals surface area contributed by atoms with Crippen LogP contribution in [-0.2, 0) is 11.2 Å². The van der Waals surface area contributed by atoms with Crippen molar-refractivity contribution in [2.45, 2.75) is 6.42 Å². The summed E-state index contributed by atoms with van der Waals surface area (Å²) >= 11 is 0. The smallest absolute Gasteiger partial charge is 0.342 e. The number of hydrogen-bond donors (Lipinski definition) is 5. The maximum absolute atomic E-state index is 11.5. The highest BCUT2D eigenvalue weighted by Gasteiger charge is 2.04. The van der Waals surface area contributed by atoms with E-state index in [1.807, 2.05) is 41.4 Å². The van der Waals surface area contributed by atoms with E-state index in [1.165, 1.54) is 0 Å². The number of allylic oxidation sites excluding steroid dienone is 1. The molecule has 0 saturated carbocycles. The van der Waals surface area contributed by atoms with Gasteiger partial charge in [0.05, 0.1) is 6.54 Å². The first-order chi connectivity index (χ1) is 11.1. The molecule has 9 nitrogen and oxygen atoms in total. The third kappa shape index (κ3) is 5.50. The fourth-order valence-electron chi connectivity index (χ4n) is 1.67. The summed E-state index contributed by atoms with van der Waals surface area (Å²) in [6.07, 6.45) is 4.20. The third-order valence-corrected chi connectivity index (χ3v) is 2.74. The Labute approximate surface area is 130 Å². The molecule has 1 aromatic carbocycles. The van der Waals surface area contributed by atoms with Crippen molar-refractivity contribution in [1.29, 1.82) is 0 Å². The molecule has 0 spiro atoms. The van der Waals surface area contributed by atoms with E-state index >= 15 is 0 Å². The van der Waals surface area contributed by atoms with Crippen LogP contribution < -0.4 is 27.4 Å². The topological polar surface area (TPSA) is 132 Å². The molecule has 0 aliphatic carbocycles. The third-order valence-electron chi connectivity index (χ3n) is 2.74. The van der Waals surface area contributed by atoms with E-state index in [0.29, 0.717) is 0 Å². The highest BCUT2D eigenvalue weighted by Crippen LogP contribution is 1.99. The van der Waals surface area contributed by atoms with Gasteiger partial charge in [0.25, 0.3) is 11.5 Å². The predicted octanol–water partition coefficient (Wildman–Crippen LogP) is -0.753. The molecular formula is C14H16N6O3. The molecule has 1 aromatic heterocycles. The summed E-state index contributed by atoms with van der Waals surface area (Å²) in [6.45, 7) is -0.179. The number of H-pyrrole nitrogens is 2. The summed E-state index contributed by atoms with van der Waals surface area (Å²) in [7, 11) is 0. The van der Waals surface area contributed by atoms with Gasteiger partial charge in [0.1, 0.15) is 0 Å². The summed E-state index contributed by atoms with van der Waals surface area (Å²) in [5.41, 5.74) is 4.80. The molecule has 0 radical (unpaired) electrons. The van der Waals surface area contributed by atoms with E-state index in [9.17, 15) is 14.4 Å². The zero-order valence-corrected chi connectivity index (χ0v) is 12.1. The zero-order chi connectivity index (χ0) is 16.5. The molecule has 0 saturated heterocycles. The highest BCUT2D eigenvalue weighted by atomic mass is 16.2. The second-order valence-electron chi connectivity index (χ2n) is 4.49. The molecule has 0 aliphatic heterocycles. The standard InChI is InChI=1S/C14H16N6O3/c21-11(9-15-12-13(22)17-14(23)20-19-12)18-16-8-4-7-10-5-2-1-3-6-10/h1-6,8,16H,7,9H2,(H,15,19)(H,18,21)(H2,17,20,22,23). The van der Waals surface area contributed by atoms with Crippen molar-refractivity contribution < 1.29 is 4.79 Å². The molecule has 0 aliphatic rings. The maximum Gasteiger partial charge on any atom is 0.342 e. The number of hydrogen-bond acceptors (Lipinski definition) is 6. The second kappa shape index (κ2) is 8.17. The van der Waals surface area contributed by atoms with E-state index in [0.717, 1.165) is 12.0 Å². The van der Waals surface area contributed by atoms with E-state index in [1.54, 1.807) is 6.20 Å². The van der Waals surface area contributed by atoms with E-state index in [-0.39, 0.29) is 12.4 Å². The minimum absolute atomic E-state index is 0.139. The van der Waals surface area contributed by atoms with E-state index in [2.05, 4.69) is 26.4 Å². The van der Waals surface area contributed by atoms with Gasteiger partial charge in [0.2, 0.25) is 5.82 Å². The predicted molar refractivity (Wildman–Crippen MR) is 84.5 cm³/mol. The second-order valence-corrected chi connectivity index (χ2v) is 4.49. The summed E-state index contributed by atoms with van der Waals surface area (Å²) in [5.74, 6) is -0.541. The Morgan fingerprint density at radius 2 is 2.00 bits per heavy atom. The molecule has 9 heteroatoms. The summed E-state index contributed by atoms with van der Waals surface area (Å²) in [5, 5.41) is 8.05. The molecule has 0 fully saturated rings. The van der Waals surface area contributed by atoms with Crippen molar-refractivity contribution in [3.8, 4) is 0 Å². The molecule has 5 N–H and O–H groups in total. The normalized spacial score (nSPS) is 10.4. The summed E-state index contributed by atoms with van der Waals surface area (Å²) in [6, 6.07) is 9.86. The lowest BCUT2D eigenvalue weighted by Gasteiger charge is -2.05. The minimum atomic E-state index is -0.713.